The van der Waals surface area contributed by atoms with Crippen LogP contribution in [0.4, 0.5) is 0 Å². The van der Waals surface area contributed by atoms with E-state index in [0.717, 1.165) is 19.5 Å². The van der Waals surface area contributed by atoms with E-state index in [1.54, 1.807) is 18.2 Å². The van der Waals surface area contributed by atoms with E-state index in [2.05, 4.69) is 21.5 Å². The van der Waals surface area contributed by atoms with Gasteiger partial charge in [0.1, 0.15) is 29.5 Å². The summed E-state index contributed by atoms with van der Waals surface area (Å²) >= 11 is 11.9. The van der Waals surface area contributed by atoms with Gasteiger partial charge in [0.15, 0.2) is 0 Å². The van der Waals surface area contributed by atoms with E-state index in [4.69, 9.17) is 27.9 Å². The highest BCUT2D eigenvalue weighted by Gasteiger charge is 2.41. The smallest absolute Gasteiger partial charge is 0.238 e. The molecule has 2 heterocycles. The van der Waals surface area contributed by atoms with E-state index in [9.17, 15) is 9.90 Å². The lowest BCUT2D eigenvalue weighted by atomic mass is 9.89. The van der Waals surface area contributed by atoms with Gasteiger partial charge >= 0.3 is 0 Å². The number of benzene rings is 1. The van der Waals surface area contributed by atoms with E-state index in [1.807, 2.05) is 0 Å². The highest BCUT2D eigenvalue weighted by atomic mass is 35.5. The normalized spacial score (nSPS) is 25.7. The highest BCUT2D eigenvalue weighted by molar-refractivity contribution is 6.42. The van der Waals surface area contributed by atoms with Gasteiger partial charge in [-0.1, -0.05) is 29.3 Å². The van der Waals surface area contributed by atoms with Gasteiger partial charge in [-0.2, -0.15) is 0 Å². The zero-order valence-electron chi connectivity index (χ0n) is 14.0. The third-order valence-corrected chi connectivity index (χ3v) is 5.32. The molecule has 146 valence electrons. The van der Waals surface area contributed by atoms with Crippen molar-refractivity contribution in [3.63, 3.8) is 0 Å². The molecule has 7 nitrogen and oxygen atoms in total. The zero-order valence-corrected chi connectivity index (χ0v) is 16.3. The molecule has 2 saturated heterocycles. The van der Waals surface area contributed by atoms with Crippen LogP contribution in [-0.2, 0) is 4.79 Å². The van der Waals surface area contributed by atoms with Crippen LogP contribution in [0.5, 0.6) is 5.75 Å². The molecule has 10 heteroatoms. The number of hydrogen-bond acceptors (Lipinski definition) is 6. The average Bonchev–Trinajstić information content (AvgIpc) is 3.05. The Morgan fingerprint density at radius 1 is 1.38 bits per heavy atom. The number of aliphatic hydroxyl groups excluding tert-OH is 1. The maximum Gasteiger partial charge on any atom is 0.238 e. The summed E-state index contributed by atoms with van der Waals surface area (Å²) < 4.78 is 5.47. The Labute approximate surface area is 168 Å². The summed E-state index contributed by atoms with van der Waals surface area (Å²) in [5.41, 5.74) is 6.22. The molecule has 5 N–H and O–H groups in total. The first-order valence-corrected chi connectivity index (χ1v) is 9.06. The third-order valence-electron chi connectivity index (χ3n) is 4.52. The second-order valence-electron chi connectivity index (χ2n) is 6.29. The molecule has 2 aliphatic rings. The van der Waals surface area contributed by atoms with Crippen molar-refractivity contribution < 1.29 is 14.6 Å². The van der Waals surface area contributed by atoms with Gasteiger partial charge < -0.3 is 20.5 Å². The molecule has 2 fully saturated rings. The number of ether oxygens (including phenoxy) is 1. The summed E-state index contributed by atoms with van der Waals surface area (Å²) in [6.07, 6.45) is 0.131. The number of rotatable bonds is 6. The number of aliphatic hydroxyl groups is 1. The second-order valence-corrected chi connectivity index (χ2v) is 7.08. The fourth-order valence-corrected chi connectivity index (χ4v) is 3.49. The summed E-state index contributed by atoms with van der Waals surface area (Å²) in [7, 11) is 0. The van der Waals surface area contributed by atoms with Crippen molar-refractivity contribution in [2.24, 2.45) is 5.92 Å². The maximum atomic E-state index is 12.3. The number of fused-ring (bicyclic) bond motifs is 1. The van der Waals surface area contributed by atoms with Gasteiger partial charge in [0.05, 0.1) is 5.02 Å². The largest absolute Gasteiger partial charge is 0.489 e. The van der Waals surface area contributed by atoms with Crippen molar-refractivity contribution in [3.05, 3.63) is 28.2 Å². The molecule has 1 aromatic rings. The SMILES string of the molecule is Cl.O=C(NCC(O)COc1cccc(Cl)c1Cl)C1NNC2CCNCC21. The Morgan fingerprint density at radius 2 is 2.19 bits per heavy atom. The zero-order chi connectivity index (χ0) is 17.8. The van der Waals surface area contributed by atoms with Gasteiger partial charge in [0.25, 0.3) is 0 Å². The molecule has 4 unspecified atom stereocenters. The molecule has 0 aromatic heterocycles. The van der Waals surface area contributed by atoms with Crippen LogP contribution in [0.25, 0.3) is 0 Å². The number of amides is 1. The predicted octanol–water partition coefficient (Wildman–Crippen LogP) is 0.726. The van der Waals surface area contributed by atoms with Gasteiger partial charge in [-0.25, -0.2) is 5.43 Å². The van der Waals surface area contributed by atoms with Crippen molar-refractivity contribution in [1.29, 1.82) is 0 Å². The quantitative estimate of drug-likeness (QED) is 0.461. The highest BCUT2D eigenvalue weighted by Crippen LogP contribution is 2.31. The van der Waals surface area contributed by atoms with Gasteiger partial charge in [0, 0.05) is 25.0 Å². The molecule has 4 atom stereocenters. The van der Waals surface area contributed by atoms with Gasteiger partial charge in [-0.15, -0.1) is 12.4 Å². The molecule has 0 saturated carbocycles. The molecule has 3 rings (SSSR count). The second kappa shape index (κ2) is 9.94. The molecule has 26 heavy (non-hydrogen) atoms. The average molecular weight is 426 g/mol. The minimum Gasteiger partial charge on any atom is -0.489 e. The van der Waals surface area contributed by atoms with Crippen molar-refractivity contribution in [2.75, 3.05) is 26.2 Å². The Hall–Kier alpha value is -0.800. The van der Waals surface area contributed by atoms with Crippen LogP contribution in [-0.4, -0.2) is 55.4 Å². The lowest BCUT2D eigenvalue weighted by Gasteiger charge is -2.27. The topological polar surface area (TPSA) is 94.7 Å². The molecule has 0 spiro atoms. The molecular formula is C16H23Cl3N4O3. The molecular weight excluding hydrogens is 403 g/mol. The Balaban J connectivity index is 0.00000243. The van der Waals surface area contributed by atoms with Crippen molar-refractivity contribution in [1.82, 2.24) is 21.5 Å². The van der Waals surface area contributed by atoms with Gasteiger partial charge in [-0.05, 0) is 25.1 Å². The summed E-state index contributed by atoms with van der Waals surface area (Å²) in [5.74, 6) is 0.466. The first kappa shape index (κ1) is 21.5. The molecule has 1 amide bonds. The van der Waals surface area contributed by atoms with Crippen molar-refractivity contribution >= 4 is 41.5 Å². The minimum atomic E-state index is -0.853. The number of piperidine rings is 1. The van der Waals surface area contributed by atoms with E-state index in [1.165, 1.54) is 0 Å². The standard InChI is InChI=1S/C16H22Cl2N4O3.ClH/c17-11-2-1-3-13(14(11)18)25-8-9(23)6-20-16(24)15-10-7-19-5-4-12(10)21-22-15;/h1-3,9-10,12,15,19,21-23H,4-8H2,(H,20,24);1H. The number of halogens is 3. The molecule has 0 aliphatic carbocycles. The molecule has 0 radical (unpaired) electrons. The monoisotopic (exact) mass is 424 g/mol. The molecule has 2 aliphatic heterocycles. The Kier molecular flexibility index (Phi) is 8.22. The number of carbonyl (C=O) groups excluding carboxylic acids is 1. The Bertz CT molecular complexity index is 622. The van der Waals surface area contributed by atoms with Crippen LogP contribution in [0, 0.1) is 5.92 Å². The van der Waals surface area contributed by atoms with Crippen LogP contribution in [0.2, 0.25) is 10.0 Å². The third kappa shape index (κ3) is 5.13. The van der Waals surface area contributed by atoms with Gasteiger partial charge in [0.2, 0.25) is 5.91 Å². The van der Waals surface area contributed by atoms with Gasteiger partial charge in [-0.3, -0.25) is 10.2 Å². The summed E-state index contributed by atoms with van der Waals surface area (Å²) in [6.45, 7) is 1.85. The number of hydrazine groups is 1. The van der Waals surface area contributed by atoms with E-state index in [-0.39, 0.29) is 43.4 Å². The lowest BCUT2D eigenvalue weighted by molar-refractivity contribution is -0.124. The van der Waals surface area contributed by atoms with Crippen LogP contribution in [0.1, 0.15) is 6.42 Å². The lowest BCUT2D eigenvalue weighted by Crippen LogP contribution is -2.50. The predicted molar refractivity (Wildman–Crippen MR) is 103 cm³/mol. The summed E-state index contributed by atoms with van der Waals surface area (Å²) in [4.78, 5) is 12.3. The Morgan fingerprint density at radius 3 is 3.00 bits per heavy atom. The summed E-state index contributed by atoms with van der Waals surface area (Å²) in [6, 6.07) is 5.03. The fraction of sp³-hybridized carbons (Fsp3) is 0.562. The van der Waals surface area contributed by atoms with Crippen LogP contribution in [0.15, 0.2) is 18.2 Å². The van der Waals surface area contributed by atoms with Crippen LogP contribution < -0.4 is 26.2 Å². The van der Waals surface area contributed by atoms with E-state index in [0.29, 0.717) is 21.8 Å². The fourth-order valence-electron chi connectivity index (χ4n) is 3.14. The number of carbonyl (C=O) groups is 1. The van der Waals surface area contributed by atoms with E-state index >= 15 is 0 Å². The van der Waals surface area contributed by atoms with Crippen molar-refractivity contribution in [2.45, 2.75) is 24.6 Å². The summed E-state index contributed by atoms with van der Waals surface area (Å²) in [5, 5.41) is 16.8. The maximum absolute atomic E-state index is 12.3. The van der Waals surface area contributed by atoms with E-state index < -0.39 is 6.10 Å². The first-order valence-electron chi connectivity index (χ1n) is 8.30. The van der Waals surface area contributed by atoms with Crippen molar-refractivity contribution in [3.8, 4) is 5.75 Å². The number of hydrogen-bond donors (Lipinski definition) is 5. The molecule has 1 aromatic carbocycles. The molecule has 0 bridgehead atoms. The minimum absolute atomic E-state index is 0. The van der Waals surface area contributed by atoms with Crippen LogP contribution in [0.3, 0.4) is 0 Å². The first-order chi connectivity index (χ1) is 12.1. The number of nitrogens with one attached hydrogen (secondary N) is 4. The van der Waals surface area contributed by atoms with Crippen LogP contribution >= 0.6 is 35.6 Å².